The van der Waals surface area contributed by atoms with Crippen molar-refractivity contribution >= 4 is 22.8 Å². The smallest absolute Gasteiger partial charge is 0.309 e. The second-order valence-electron chi connectivity index (χ2n) is 8.97. The number of carbonyl (C=O) groups is 2. The van der Waals surface area contributed by atoms with E-state index in [-0.39, 0.29) is 23.7 Å². The number of aryl methyl sites for hydroxylation is 2. The summed E-state index contributed by atoms with van der Waals surface area (Å²) in [6, 6.07) is 17.0. The standard InChI is InChI=1S/C28H34N2O3/c1-4-29-19-25(23-11-6-7-12-26(23)29)24(22-10-8-9-20(3)17-22)18-27(31)30-15-13-21(14-16-30)28(32)33-5-2/h6-12,17,19,21,24H,4-5,13-16,18H2,1-3H3/t24-/m0/s1. The summed E-state index contributed by atoms with van der Waals surface area (Å²) in [7, 11) is 0. The zero-order valence-corrected chi connectivity index (χ0v) is 19.9. The summed E-state index contributed by atoms with van der Waals surface area (Å²) < 4.78 is 7.44. The third-order valence-corrected chi connectivity index (χ3v) is 6.83. The average Bonchev–Trinajstić information content (AvgIpc) is 3.21. The molecule has 1 aliphatic rings. The van der Waals surface area contributed by atoms with Crippen LogP contribution in [0.2, 0.25) is 0 Å². The summed E-state index contributed by atoms with van der Waals surface area (Å²) in [6.45, 7) is 8.59. The molecule has 5 nitrogen and oxygen atoms in total. The number of hydrogen-bond acceptors (Lipinski definition) is 3. The van der Waals surface area contributed by atoms with Gasteiger partial charge in [0, 0.05) is 49.1 Å². The fraction of sp³-hybridized carbons (Fsp3) is 0.429. The van der Waals surface area contributed by atoms with Crippen LogP contribution in [0.15, 0.2) is 54.7 Å². The van der Waals surface area contributed by atoms with Gasteiger partial charge in [-0.3, -0.25) is 9.59 Å². The highest BCUT2D eigenvalue weighted by Gasteiger charge is 2.30. The Labute approximate surface area is 196 Å². The molecule has 1 atom stereocenters. The third-order valence-electron chi connectivity index (χ3n) is 6.83. The molecule has 0 aliphatic carbocycles. The number of esters is 1. The highest BCUT2D eigenvalue weighted by molar-refractivity contribution is 5.87. The lowest BCUT2D eigenvalue weighted by Gasteiger charge is -2.32. The van der Waals surface area contributed by atoms with E-state index in [1.165, 1.54) is 27.6 Å². The molecule has 1 aliphatic heterocycles. The van der Waals surface area contributed by atoms with Gasteiger partial charge in [0.2, 0.25) is 5.91 Å². The molecule has 174 valence electrons. The van der Waals surface area contributed by atoms with Crippen molar-refractivity contribution in [3.05, 3.63) is 71.4 Å². The zero-order valence-electron chi connectivity index (χ0n) is 19.9. The number of piperidine rings is 1. The number of para-hydroxylation sites is 1. The minimum atomic E-state index is -0.130. The van der Waals surface area contributed by atoms with E-state index in [0.717, 1.165) is 6.54 Å². The summed E-state index contributed by atoms with van der Waals surface area (Å²) >= 11 is 0. The minimum Gasteiger partial charge on any atom is -0.466 e. The van der Waals surface area contributed by atoms with Crippen LogP contribution in [0, 0.1) is 12.8 Å². The fourth-order valence-corrected chi connectivity index (χ4v) is 5.04. The van der Waals surface area contributed by atoms with E-state index in [4.69, 9.17) is 4.74 Å². The first-order chi connectivity index (χ1) is 16.0. The quantitative estimate of drug-likeness (QED) is 0.463. The minimum absolute atomic E-state index is 0.0159. The average molecular weight is 447 g/mol. The fourth-order valence-electron chi connectivity index (χ4n) is 5.04. The predicted octanol–water partition coefficient (Wildman–Crippen LogP) is 5.29. The summed E-state index contributed by atoms with van der Waals surface area (Å²) in [4.78, 5) is 27.5. The molecular weight excluding hydrogens is 412 g/mol. The highest BCUT2D eigenvalue weighted by atomic mass is 16.5. The predicted molar refractivity (Wildman–Crippen MR) is 131 cm³/mol. The van der Waals surface area contributed by atoms with Gasteiger partial charge >= 0.3 is 5.97 Å². The molecular formula is C28H34N2O3. The van der Waals surface area contributed by atoms with Crippen LogP contribution in [-0.4, -0.2) is 41.0 Å². The van der Waals surface area contributed by atoms with Gasteiger partial charge in [-0.15, -0.1) is 0 Å². The van der Waals surface area contributed by atoms with E-state index in [9.17, 15) is 9.59 Å². The van der Waals surface area contributed by atoms with Gasteiger partial charge in [0.15, 0.2) is 0 Å². The molecule has 1 aromatic heterocycles. The number of aromatic nitrogens is 1. The molecule has 0 saturated carbocycles. The number of fused-ring (bicyclic) bond motifs is 1. The molecule has 1 saturated heterocycles. The molecule has 3 aromatic rings. The SMILES string of the molecule is CCOC(=O)C1CCN(C(=O)C[C@@H](c2cccc(C)c2)c2cn(CC)c3ccccc23)CC1. The van der Waals surface area contributed by atoms with Crippen LogP contribution in [0.1, 0.15) is 55.7 Å². The Kier molecular flexibility index (Phi) is 7.17. The highest BCUT2D eigenvalue weighted by Crippen LogP contribution is 2.36. The number of nitrogens with zero attached hydrogens (tertiary/aromatic N) is 2. The van der Waals surface area contributed by atoms with Gasteiger partial charge in [0.1, 0.15) is 0 Å². The van der Waals surface area contributed by atoms with Gasteiger partial charge < -0.3 is 14.2 Å². The molecule has 4 rings (SSSR count). The van der Waals surface area contributed by atoms with Gasteiger partial charge in [-0.1, -0.05) is 48.0 Å². The maximum Gasteiger partial charge on any atom is 0.309 e. The van der Waals surface area contributed by atoms with Crippen LogP contribution in [0.4, 0.5) is 0 Å². The van der Waals surface area contributed by atoms with Crippen molar-refractivity contribution < 1.29 is 14.3 Å². The Morgan fingerprint density at radius 1 is 1.06 bits per heavy atom. The Morgan fingerprint density at radius 2 is 1.82 bits per heavy atom. The normalized spacial score (nSPS) is 15.5. The van der Waals surface area contributed by atoms with E-state index < -0.39 is 0 Å². The summed E-state index contributed by atoms with van der Waals surface area (Å²) in [5, 5.41) is 1.21. The zero-order chi connectivity index (χ0) is 23.4. The first-order valence-corrected chi connectivity index (χ1v) is 12.1. The Hall–Kier alpha value is -3.08. The third kappa shape index (κ3) is 4.97. The van der Waals surface area contributed by atoms with E-state index in [1.807, 2.05) is 11.8 Å². The lowest BCUT2D eigenvalue weighted by molar-refractivity contribution is -0.151. The Morgan fingerprint density at radius 3 is 2.52 bits per heavy atom. The molecule has 33 heavy (non-hydrogen) atoms. The van der Waals surface area contributed by atoms with Crippen molar-refractivity contribution in [2.75, 3.05) is 19.7 Å². The maximum atomic E-state index is 13.5. The maximum absolute atomic E-state index is 13.5. The molecule has 2 aromatic carbocycles. The molecule has 1 amide bonds. The van der Waals surface area contributed by atoms with Crippen molar-refractivity contribution in [2.24, 2.45) is 5.92 Å². The number of rotatable bonds is 7. The van der Waals surface area contributed by atoms with Crippen LogP contribution in [0.5, 0.6) is 0 Å². The number of ether oxygens (including phenoxy) is 1. The molecule has 1 fully saturated rings. The second-order valence-corrected chi connectivity index (χ2v) is 8.97. The number of carbonyl (C=O) groups excluding carboxylic acids is 2. The number of hydrogen-bond donors (Lipinski definition) is 0. The second kappa shape index (κ2) is 10.2. The monoisotopic (exact) mass is 446 g/mol. The van der Waals surface area contributed by atoms with Gasteiger partial charge in [0.25, 0.3) is 0 Å². The lowest BCUT2D eigenvalue weighted by atomic mass is 9.86. The topological polar surface area (TPSA) is 51.5 Å². The van der Waals surface area contributed by atoms with E-state index >= 15 is 0 Å². The van der Waals surface area contributed by atoms with Crippen molar-refractivity contribution in [3.8, 4) is 0 Å². The molecule has 5 heteroatoms. The summed E-state index contributed by atoms with van der Waals surface area (Å²) in [6.07, 6.45) is 3.99. The van der Waals surface area contributed by atoms with Crippen molar-refractivity contribution in [3.63, 3.8) is 0 Å². The Balaban J connectivity index is 1.60. The van der Waals surface area contributed by atoms with Gasteiger partial charge in [-0.05, 0) is 50.8 Å². The largest absolute Gasteiger partial charge is 0.466 e. The molecule has 2 heterocycles. The van der Waals surface area contributed by atoms with Gasteiger partial charge in [0.05, 0.1) is 12.5 Å². The number of likely N-dealkylation sites (tertiary alicyclic amines) is 1. The number of benzene rings is 2. The van der Waals surface area contributed by atoms with E-state index in [2.05, 4.69) is 73.1 Å². The van der Waals surface area contributed by atoms with Gasteiger partial charge in [-0.2, -0.15) is 0 Å². The van der Waals surface area contributed by atoms with Crippen LogP contribution in [0.3, 0.4) is 0 Å². The molecule has 0 unspecified atom stereocenters. The summed E-state index contributed by atoms with van der Waals surface area (Å²) in [5.74, 6) is -0.0891. The van der Waals surface area contributed by atoms with Crippen LogP contribution in [0.25, 0.3) is 10.9 Å². The first kappa shape index (κ1) is 23.1. The molecule has 0 N–H and O–H groups in total. The van der Waals surface area contributed by atoms with Crippen LogP contribution >= 0.6 is 0 Å². The van der Waals surface area contributed by atoms with Crippen molar-refractivity contribution in [1.82, 2.24) is 9.47 Å². The number of amides is 1. The van der Waals surface area contributed by atoms with Crippen LogP contribution in [-0.2, 0) is 20.9 Å². The first-order valence-electron chi connectivity index (χ1n) is 12.1. The van der Waals surface area contributed by atoms with Crippen molar-refractivity contribution in [1.29, 1.82) is 0 Å². The van der Waals surface area contributed by atoms with Crippen LogP contribution < -0.4 is 0 Å². The molecule has 0 bridgehead atoms. The van der Waals surface area contributed by atoms with E-state index in [1.54, 1.807) is 0 Å². The summed E-state index contributed by atoms with van der Waals surface area (Å²) in [5.41, 5.74) is 4.77. The molecule has 0 spiro atoms. The Bertz CT molecular complexity index is 1130. The lowest BCUT2D eigenvalue weighted by Crippen LogP contribution is -2.41. The van der Waals surface area contributed by atoms with Crippen molar-refractivity contribution in [2.45, 2.75) is 52.5 Å². The molecule has 0 radical (unpaired) electrons. The van der Waals surface area contributed by atoms with E-state index in [0.29, 0.717) is 39.0 Å². The van der Waals surface area contributed by atoms with Gasteiger partial charge in [-0.25, -0.2) is 0 Å².